The molecule has 1 atom stereocenters. The van der Waals surface area contributed by atoms with Gasteiger partial charge in [-0.2, -0.15) is 0 Å². The number of hydrogen-bond donors (Lipinski definition) is 0. The molecule has 1 unspecified atom stereocenters. The number of carbonyl (C=O) groups is 1. The molecule has 0 aliphatic carbocycles. The largest absolute Gasteiger partial charge is 0.303 e. The van der Waals surface area contributed by atoms with Crippen LogP contribution in [-0.4, -0.2) is 6.29 Å². The van der Waals surface area contributed by atoms with Crippen molar-refractivity contribution in [3.8, 4) is 0 Å². The maximum atomic E-state index is 10.9. The number of hydrogen-bond acceptors (Lipinski definition) is 1. The molecule has 0 amide bonds. The Hall–Kier alpha value is -1.11. The summed E-state index contributed by atoms with van der Waals surface area (Å²) in [5.74, 6) is 0.873. The summed E-state index contributed by atoms with van der Waals surface area (Å²) in [6.45, 7) is 4.40. The van der Waals surface area contributed by atoms with Crippen molar-refractivity contribution in [3.05, 3.63) is 35.9 Å². The van der Waals surface area contributed by atoms with Crippen molar-refractivity contribution in [2.24, 2.45) is 11.8 Å². The third-order valence-electron chi connectivity index (χ3n) is 2.65. The van der Waals surface area contributed by atoms with Gasteiger partial charge in [0.2, 0.25) is 0 Å². The van der Waals surface area contributed by atoms with Gasteiger partial charge in [-0.15, -0.1) is 0 Å². The van der Waals surface area contributed by atoms with Gasteiger partial charge in [0, 0.05) is 5.92 Å². The molecule has 0 aliphatic heterocycles. The summed E-state index contributed by atoms with van der Waals surface area (Å²) in [7, 11) is 0. The summed E-state index contributed by atoms with van der Waals surface area (Å²) in [6, 6.07) is 10.2. The van der Waals surface area contributed by atoms with Crippen molar-refractivity contribution >= 4 is 6.29 Å². The Morgan fingerprint density at radius 2 is 1.80 bits per heavy atom. The van der Waals surface area contributed by atoms with Gasteiger partial charge in [-0.1, -0.05) is 50.6 Å². The number of carbonyl (C=O) groups excluding carboxylic acids is 1. The summed E-state index contributed by atoms with van der Waals surface area (Å²) in [5, 5.41) is 0. The normalized spacial score (nSPS) is 12.7. The fraction of sp³-hybridized carbons (Fsp3) is 0.500. The van der Waals surface area contributed by atoms with Crippen molar-refractivity contribution in [1.82, 2.24) is 0 Å². The molecule has 82 valence electrons. The zero-order chi connectivity index (χ0) is 11.1. The van der Waals surface area contributed by atoms with E-state index >= 15 is 0 Å². The average Bonchev–Trinajstić information content (AvgIpc) is 2.25. The lowest BCUT2D eigenvalue weighted by atomic mass is 9.93. The Balaban J connectivity index is 2.43. The summed E-state index contributed by atoms with van der Waals surface area (Å²) in [6.07, 6.45) is 4.14. The standard InChI is InChI=1S/C14H20O/c1-12(2)8-9-14(11-15)10-13-6-4-3-5-7-13/h3-7,11-12,14H,8-10H2,1-2H3. The Kier molecular flexibility index (Phi) is 5.09. The molecule has 0 saturated carbocycles. The molecule has 15 heavy (non-hydrogen) atoms. The Morgan fingerprint density at radius 1 is 1.13 bits per heavy atom. The summed E-state index contributed by atoms with van der Waals surface area (Å²) >= 11 is 0. The Bertz CT molecular complexity index is 277. The zero-order valence-electron chi connectivity index (χ0n) is 9.65. The third kappa shape index (κ3) is 4.78. The highest BCUT2D eigenvalue weighted by Crippen LogP contribution is 2.15. The predicted octanol–water partition coefficient (Wildman–Crippen LogP) is 3.48. The van der Waals surface area contributed by atoms with Crippen LogP contribution >= 0.6 is 0 Å². The fourth-order valence-corrected chi connectivity index (χ4v) is 1.68. The van der Waals surface area contributed by atoms with Crippen LogP contribution < -0.4 is 0 Å². The second-order valence-electron chi connectivity index (χ2n) is 4.56. The molecular weight excluding hydrogens is 184 g/mol. The number of benzene rings is 1. The summed E-state index contributed by atoms with van der Waals surface area (Å²) < 4.78 is 0. The summed E-state index contributed by atoms with van der Waals surface area (Å²) in [4.78, 5) is 10.9. The van der Waals surface area contributed by atoms with Crippen LogP contribution in [0.2, 0.25) is 0 Å². The van der Waals surface area contributed by atoms with Gasteiger partial charge in [-0.05, 0) is 24.3 Å². The van der Waals surface area contributed by atoms with Crippen LogP contribution in [0, 0.1) is 11.8 Å². The zero-order valence-corrected chi connectivity index (χ0v) is 9.65. The molecule has 0 N–H and O–H groups in total. The maximum absolute atomic E-state index is 10.9. The van der Waals surface area contributed by atoms with Crippen LogP contribution in [0.5, 0.6) is 0 Å². The van der Waals surface area contributed by atoms with E-state index in [9.17, 15) is 4.79 Å². The molecule has 0 heterocycles. The third-order valence-corrected chi connectivity index (χ3v) is 2.65. The molecule has 0 spiro atoms. The van der Waals surface area contributed by atoms with Gasteiger partial charge < -0.3 is 4.79 Å². The van der Waals surface area contributed by atoms with Gasteiger partial charge in [0.1, 0.15) is 6.29 Å². The van der Waals surface area contributed by atoms with Crippen LogP contribution in [0.4, 0.5) is 0 Å². The Morgan fingerprint density at radius 3 is 2.33 bits per heavy atom. The average molecular weight is 204 g/mol. The SMILES string of the molecule is CC(C)CCC(C=O)Cc1ccccc1. The molecular formula is C14H20O. The second-order valence-corrected chi connectivity index (χ2v) is 4.56. The minimum atomic E-state index is 0.190. The number of rotatable bonds is 6. The molecule has 1 aromatic carbocycles. The van der Waals surface area contributed by atoms with Crippen LogP contribution in [0.3, 0.4) is 0 Å². The molecule has 1 heteroatoms. The topological polar surface area (TPSA) is 17.1 Å². The Labute approximate surface area is 92.5 Å². The van der Waals surface area contributed by atoms with E-state index in [0.717, 1.165) is 25.5 Å². The smallest absolute Gasteiger partial charge is 0.123 e. The van der Waals surface area contributed by atoms with E-state index in [-0.39, 0.29) is 5.92 Å². The highest BCUT2D eigenvalue weighted by Gasteiger charge is 2.08. The van der Waals surface area contributed by atoms with Crippen LogP contribution in [0.1, 0.15) is 32.3 Å². The highest BCUT2D eigenvalue weighted by atomic mass is 16.1. The molecule has 0 fully saturated rings. The lowest BCUT2D eigenvalue weighted by Crippen LogP contribution is -2.07. The quantitative estimate of drug-likeness (QED) is 0.648. The van der Waals surface area contributed by atoms with Gasteiger partial charge in [-0.3, -0.25) is 0 Å². The van der Waals surface area contributed by atoms with Gasteiger partial charge in [-0.25, -0.2) is 0 Å². The molecule has 0 bridgehead atoms. The first-order valence-corrected chi connectivity index (χ1v) is 5.71. The predicted molar refractivity (Wildman–Crippen MR) is 63.8 cm³/mol. The number of aldehydes is 1. The molecule has 1 aromatic rings. The van der Waals surface area contributed by atoms with E-state index in [4.69, 9.17) is 0 Å². The lowest BCUT2D eigenvalue weighted by Gasteiger charge is -2.11. The maximum Gasteiger partial charge on any atom is 0.123 e. The van der Waals surface area contributed by atoms with Crippen molar-refractivity contribution < 1.29 is 4.79 Å². The van der Waals surface area contributed by atoms with Gasteiger partial charge in [0.05, 0.1) is 0 Å². The van der Waals surface area contributed by atoms with Crippen LogP contribution in [-0.2, 0) is 11.2 Å². The van der Waals surface area contributed by atoms with Crippen LogP contribution in [0.15, 0.2) is 30.3 Å². The molecule has 0 aliphatic rings. The van der Waals surface area contributed by atoms with E-state index in [2.05, 4.69) is 26.0 Å². The first-order valence-electron chi connectivity index (χ1n) is 5.71. The van der Waals surface area contributed by atoms with E-state index in [0.29, 0.717) is 5.92 Å². The van der Waals surface area contributed by atoms with Crippen molar-refractivity contribution in [2.45, 2.75) is 33.1 Å². The van der Waals surface area contributed by atoms with Crippen molar-refractivity contribution in [1.29, 1.82) is 0 Å². The van der Waals surface area contributed by atoms with E-state index in [1.54, 1.807) is 0 Å². The van der Waals surface area contributed by atoms with Crippen molar-refractivity contribution in [3.63, 3.8) is 0 Å². The van der Waals surface area contributed by atoms with Gasteiger partial charge in [0.15, 0.2) is 0 Å². The van der Waals surface area contributed by atoms with E-state index in [1.165, 1.54) is 5.56 Å². The van der Waals surface area contributed by atoms with E-state index < -0.39 is 0 Å². The van der Waals surface area contributed by atoms with Crippen LogP contribution in [0.25, 0.3) is 0 Å². The second kappa shape index (κ2) is 6.39. The first kappa shape index (κ1) is 12.0. The minimum Gasteiger partial charge on any atom is -0.303 e. The van der Waals surface area contributed by atoms with Gasteiger partial charge >= 0.3 is 0 Å². The molecule has 0 aromatic heterocycles. The van der Waals surface area contributed by atoms with E-state index in [1.807, 2.05) is 18.2 Å². The van der Waals surface area contributed by atoms with Gasteiger partial charge in [0.25, 0.3) is 0 Å². The minimum absolute atomic E-state index is 0.190. The molecule has 0 saturated heterocycles. The molecule has 0 radical (unpaired) electrons. The molecule has 1 rings (SSSR count). The lowest BCUT2D eigenvalue weighted by molar-refractivity contribution is -0.111. The fourth-order valence-electron chi connectivity index (χ4n) is 1.68. The first-order chi connectivity index (χ1) is 7.22. The summed E-state index contributed by atoms with van der Waals surface area (Å²) in [5.41, 5.74) is 1.26. The van der Waals surface area contributed by atoms with Crippen molar-refractivity contribution in [2.75, 3.05) is 0 Å². The monoisotopic (exact) mass is 204 g/mol. The highest BCUT2D eigenvalue weighted by molar-refractivity contribution is 5.54. The molecule has 1 nitrogen and oxygen atoms in total.